The van der Waals surface area contributed by atoms with Gasteiger partial charge in [-0.1, -0.05) is 0 Å². The van der Waals surface area contributed by atoms with Crippen molar-refractivity contribution in [3.63, 3.8) is 0 Å². The first-order chi connectivity index (χ1) is 7.51. The van der Waals surface area contributed by atoms with Gasteiger partial charge >= 0.3 is 0 Å². The maximum absolute atomic E-state index is 13.7. The lowest BCUT2D eigenvalue weighted by molar-refractivity contribution is -0.135. The van der Waals surface area contributed by atoms with Gasteiger partial charge in [-0.05, 0) is 25.1 Å². The lowest BCUT2D eigenvalue weighted by atomic mass is 9.91. The van der Waals surface area contributed by atoms with Crippen LogP contribution in [0.15, 0.2) is 18.2 Å². The Bertz CT molecular complexity index is 436. The highest BCUT2D eigenvalue weighted by Gasteiger charge is 2.35. The summed E-state index contributed by atoms with van der Waals surface area (Å²) in [6, 6.07) is 4.29. The Kier molecular flexibility index (Phi) is 2.55. The molecule has 1 atom stereocenters. The van der Waals surface area contributed by atoms with Crippen molar-refractivity contribution in [1.82, 2.24) is 5.32 Å². The second-order valence-corrected chi connectivity index (χ2v) is 4.11. The molecule has 0 radical (unpaired) electrons. The predicted molar refractivity (Wildman–Crippen MR) is 57.1 cm³/mol. The molecule has 1 aromatic carbocycles. The van der Waals surface area contributed by atoms with Crippen molar-refractivity contribution in [3.8, 4) is 0 Å². The van der Waals surface area contributed by atoms with Crippen LogP contribution in [0.2, 0.25) is 0 Å². The number of halogens is 1. The monoisotopic (exact) mass is 224 g/mol. The normalized spacial score (nSPS) is 25.2. The summed E-state index contributed by atoms with van der Waals surface area (Å²) in [6.07, 6.45) is 0. The Labute approximate surface area is 92.6 Å². The zero-order chi connectivity index (χ0) is 11.8. The Morgan fingerprint density at radius 2 is 2.31 bits per heavy atom. The number of rotatable bonds is 1. The number of anilines is 1. The molecule has 0 saturated carbocycles. The van der Waals surface area contributed by atoms with Gasteiger partial charge in [0, 0.05) is 11.3 Å². The number of morpholine rings is 1. The summed E-state index contributed by atoms with van der Waals surface area (Å²) in [6.45, 7) is 1.96. The van der Waals surface area contributed by atoms with Crippen LogP contribution in [0.5, 0.6) is 0 Å². The minimum atomic E-state index is -0.852. The van der Waals surface area contributed by atoms with Crippen LogP contribution < -0.4 is 11.1 Å². The quantitative estimate of drug-likeness (QED) is 0.692. The first kappa shape index (κ1) is 10.9. The van der Waals surface area contributed by atoms with Gasteiger partial charge in [-0.25, -0.2) is 4.39 Å². The van der Waals surface area contributed by atoms with Crippen LogP contribution in [0, 0.1) is 5.82 Å². The van der Waals surface area contributed by atoms with Crippen molar-refractivity contribution in [3.05, 3.63) is 29.6 Å². The largest absolute Gasteiger partial charge is 0.399 e. The highest BCUT2D eigenvalue weighted by Crippen LogP contribution is 2.27. The Morgan fingerprint density at radius 1 is 1.56 bits per heavy atom. The van der Waals surface area contributed by atoms with E-state index in [4.69, 9.17) is 10.5 Å². The molecule has 1 fully saturated rings. The topological polar surface area (TPSA) is 64.3 Å². The van der Waals surface area contributed by atoms with Crippen LogP contribution in [0.3, 0.4) is 0 Å². The van der Waals surface area contributed by atoms with Crippen molar-refractivity contribution in [2.45, 2.75) is 12.5 Å². The summed E-state index contributed by atoms with van der Waals surface area (Å²) in [5, 5.41) is 2.72. The van der Waals surface area contributed by atoms with E-state index in [-0.39, 0.29) is 19.1 Å². The number of nitrogen functional groups attached to an aromatic ring is 1. The molecule has 0 bridgehead atoms. The van der Waals surface area contributed by atoms with Crippen LogP contribution in [-0.4, -0.2) is 19.1 Å². The van der Waals surface area contributed by atoms with Crippen molar-refractivity contribution < 1.29 is 13.9 Å². The Hall–Kier alpha value is -1.62. The van der Waals surface area contributed by atoms with E-state index in [9.17, 15) is 9.18 Å². The molecule has 1 saturated heterocycles. The molecule has 5 heteroatoms. The third-order valence-corrected chi connectivity index (χ3v) is 2.62. The van der Waals surface area contributed by atoms with Crippen LogP contribution in [0.25, 0.3) is 0 Å². The molecule has 3 N–H and O–H groups in total. The van der Waals surface area contributed by atoms with E-state index >= 15 is 0 Å². The zero-order valence-electron chi connectivity index (χ0n) is 8.92. The van der Waals surface area contributed by atoms with Crippen LogP contribution >= 0.6 is 0 Å². The fourth-order valence-corrected chi connectivity index (χ4v) is 1.84. The molecule has 4 nitrogen and oxygen atoms in total. The van der Waals surface area contributed by atoms with Crippen molar-refractivity contribution in [1.29, 1.82) is 0 Å². The van der Waals surface area contributed by atoms with Crippen molar-refractivity contribution in [2.75, 3.05) is 18.9 Å². The summed E-state index contributed by atoms with van der Waals surface area (Å²) in [4.78, 5) is 11.3. The standard InChI is InChI=1S/C11H13FN2O2/c1-11(6-16-5-10(15)14-11)8-4-7(13)2-3-9(8)12/h2-4H,5-6,13H2,1H3,(H,14,15). The highest BCUT2D eigenvalue weighted by atomic mass is 19.1. The fourth-order valence-electron chi connectivity index (χ4n) is 1.84. The van der Waals surface area contributed by atoms with E-state index in [1.54, 1.807) is 6.92 Å². The molecule has 1 amide bonds. The number of ether oxygens (including phenoxy) is 1. The number of amides is 1. The lowest BCUT2D eigenvalue weighted by Gasteiger charge is -2.35. The number of hydrogen-bond donors (Lipinski definition) is 2. The maximum Gasteiger partial charge on any atom is 0.246 e. The van der Waals surface area contributed by atoms with E-state index in [0.29, 0.717) is 11.3 Å². The van der Waals surface area contributed by atoms with Gasteiger partial charge in [0.05, 0.1) is 12.1 Å². The number of carbonyl (C=O) groups excluding carboxylic acids is 1. The predicted octanol–water partition coefficient (Wildman–Crippen LogP) is 0.770. The van der Waals surface area contributed by atoms with Crippen molar-refractivity contribution in [2.24, 2.45) is 0 Å². The number of nitrogens with one attached hydrogen (secondary N) is 1. The molecule has 0 spiro atoms. The highest BCUT2D eigenvalue weighted by molar-refractivity contribution is 5.79. The third-order valence-electron chi connectivity index (χ3n) is 2.62. The summed E-state index contributed by atoms with van der Waals surface area (Å²) >= 11 is 0. The molecule has 16 heavy (non-hydrogen) atoms. The first-order valence-electron chi connectivity index (χ1n) is 4.95. The van der Waals surface area contributed by atoms with E-state index in [1.165, 1.54) is 18.2 Å². The van der Waals surface area contributed by atoms with E-state index in [0.717, 1.165) is 0 Å². The average Bonchev–Trinajstić information content (AvgIpc) is 2.21. The van der Waals surface area contributed by atoms with Gasteiger partial charge in [0.15, 0.2) is 0 Å². The molecular weight excluding hydrogens is 211 g/mol. The molecule has 1 aliphatic rings. The summed E-state index contributed by atoms with van der Waals surface area (Å²) in [5.41, 5.74) is 5.56. The average molecular weight is 224 g/mol. The van der Waals surface area contributed by atoms with Gasteiger partial charge in [-0.15, -0.1) is 0 Å². The van der Waals surface area contributed by atoms with E-state index in [2.05, 4.69) is 5.32 Å². The smallest absolute Gasteiger partial charge is 0.246 e. The van der Waals surface area contributed by atoms with Crippen LogP contribution in [-0.2, 0) is 15.1 Å². The third kappa shape index (κ3) is 1.86. The van der Waals surface area contributed by atoms with Gasteiger partial charge in [-0.2, -0.15) is 0 Å². The van der Waals surface area contributed by atoms with Crippen LogP contribution in [0.1, 0.15) is 12.5 Å². The van der Waals surface area contributed by atoms with Crippen LogP contribution in [0.4, 0.5) is 10.1 Å². The Balaban J connectivity index is 2.41. The van der Waals surface area contributed by atoms with Crippen molar-refractivity contribution >= 4 is 11.6 Å². The summed E-state index contributed by atoms with van der Waals surface area (Å²) in [5.74, 6) is -0.655. The molecule has 86 valence electrons. The molecular formula is C11H13FN2O2. The van der Waals surface area contributed by atoms with E-state index in [1.807, 2.05) is 0 Å². The lowest BCUT2D eigenvalue weighted by Crippen LogP contribution is -2.53. The van der Waals surface area contributed by atoms with Gasteiger partial charge in [-0.3, -0.25) is 4.79 Å². The fraction of sp³-hybridized carbons (Fsp3) is 0.364. The van der Waals surface area contributed by atoms with E-state index < -0.39 is 11.4 Å². The number of nitrogens with two attached hydrogens (primary N) is 1. The second kappa shape index (κ2) is 3.75. The molecule has 2 rings (SSSR count). The number of carbonyl (C=O) groups is 1. The molecule has 0 aromatic heterocycles. The minimum Gasteiger partial charge on any atom is -0.399 e. The molecule has 1 aliphatic heterocycles. The molecule has 1 heterocycles. The second-order valence-electron chi connectivity index (χ2n) is 4.11. The number of benzene rings is 1. The van der Waals surface area contributed by atoms with Gasteiger partial charge in [0.25, 0.3) is 0 Å². The molecule has 0 aliphatic carbocycles. The summed E-state index contributed by atoms with van der Waals surface area (Å²) < 4.78 is 18.8. The van der Waals surface area contributed by atoms with Gasteiger partial charge in [0.1, 0.15) is 12.4 Å². The Morgan fingerprint density at radius 3 is 3.00 bits per heavy atom. The minimum absolute atomic E-state index is 0.0134. The van der Waals surface area contributed by atoms with Gasteiger partial charge < -0.3 is 15.8 Å². The molecule has 1 unspecified atom stereocenters. The summed E-state index contributed by atoms with van der Waals surface area (Å²) in [7, 11) is 0. The SMILES string of the molecule is CC1(c2cc(N)ccc2F)COCC(=O)N1. The maximum atomic E-state index is 13.7. The first-order valence-corrected chi connectivity index (χ1v) is 4.95. The zero-order valence-corrected chi connectivity index (χ0v) is 8.92. The number of hydrogen-bond acceptors (Lipinski definition) is 3. The molecule has 1 aromatic rings. The van der Waals surface area contributed by atoms with Gasteiger partial charge in [0.2, 0.25) is 5.91 Å².